The molecule has 0 radical (unpaired) electrons. The number of nitrogens with one attached hydrogen (secondary N) is 2. The van der Waals surface area contributed by atoms with Gasteiger partial charge in [-0.05, 0) is 19.1 Å². The van der Waals surface area contributed by atoms with Crippen LogP contribution in [0.2, 0.25) is 0 Å². The van der Waals surface area contributed by atoms with Crippen molar-refractivity contribution in [3.8, 4) is 0 Å². The first-order valence-electron chi connectivity index (χ1n) is 5.00. The van der Waals surface area contributed by atoms with Crippen molar-refractivity contribution in [2.45, 2.75) is 6.92 Å². The molecule has 1 aromatic rings. The number of hydrogen-bond acceptors (Lipinski definition) is 3. The molecule has 0 aliphatic rings. The van der Waals surface area contributed by atoms with E-state index in [0.717, 1.165) is 6.07 Å². The number of carbonyl (C=O) groups excluding carboxylic acids is 2. The van der Waals surface area contributed by atoms with Gasteiger partial charge in [0.15, 0.2) is 0 Å². The summed E-state index contributed by atoms with van der Waals surface area (Å²) in [4.78, 5) is 22.5. The molecule has 1 rings (SSSR count). The minimum atomic E-state index is -0.546. The first-order chi connectivity index (χ1) is 7.95. The Balaban J connectivity index is 2.80. The fraction of sp³-hybridized carbons (Fsp3) is 0.273. The van der Waals surface area contributed by atoms with Gasteiger partial charge in [-0.15, -0.1) is 0 Å². The van der Waals surface area contributed by atoms with Gasteiger partial charge in [0.1, 0.15) is 5.82 Å². The van der Waals surface area contributed by atoms with Gasteiger partial charge in [0.05, 0.1) is 6.54 Å². The van der Waals surface area contributed by atoms with Gasteiger partial charge in [0.2, 0.25) is 5.91 Å². The number of hydrogen-bond donors (Lipinski definition) is 3. The van der Waals surface area contributed by atoms with Crippen LogP contribution in [0.15, 0.2) is 12.1 Å². The van der Waals surface area contributed by atoms with Crippen LogP contribution in [0.25, 0.3) is 0 Å². The minimum absolute atomic E-state index is 0.0921. The lowest BCUT2D eigenvalue weighted by Gasteiger charge is -2.07. The molecule has 0 fully saturated rings. The second kappa shape index (κ2) is 5.29. The topological polar surface area (TPSA) is 84.2 Å². The lowest BCUT2D eigenvalue weighted by Crippen LogP contribution is -2.35. The number of benzene rings is 1. The van der Waals surface area contributed by atoms with E-state index in [1.165, 1.54) is 20.0 Å². The van der Waals surface area contributed by atoms with Crippen molar-refractivity contribution >= 4 is 17.5 Å². The third-order valence-corrected chi connectivity index (χ3v) is 2.34. The SMILES string of the molecule is CNC(=O)CNC(=O)c1cc(N)c(C)c(F)c1. The zero-order valence-electron chi connectivity index (χ0n) is 9.63. The molecule has 0 unspecified atom stereocenters. The minimum Gasteiger partial charge on any atom is -0.398 e. The van der Waals surface area contributed by atoms with E-state index in [1.807, 2.05) is 0 Å². The summed E-state index contributed by atoms with van der Waals surface area (Å²) in [7, 11) is 1.46. The zero-order valence-corrected chi connectivity index (χ0v) is 9.63. The number of likely N-dealkylation sites (N-methyl/N-ethyl adjacent to an activating group) is 1. The molecule has 0 aromatic heterocycles. The third-order valence-electron chi connectivity index (χ3n) is 2.34. The lowest BCUT2D eigenvalue weighted by molar-refractivity contribution is -0.119. The number of halogens is 1. The number of nitrogens with two attached hydrogens (primary N) is 1. The summed E-state index contributed by atoms with van der Waals surface area (Å²) in [6, 6.07) is 2.46. The molecule has 0 bridgehead atoms. The van der Waals surface area contributed by atoms with Crippen LogP contribution in [0.5, 0.6) is 0 Å². The van der Waals surface area contributed by atoms with Gasteiger partial charge in [-0.1, -0.05) is 0 Å². The highest BCUT2D eigenvalue weighted by Gasteiger charge is 2.11. The van der Waals surface area contributed by atoms with E-state index in [1.54, 1.807) is 0 Å². The van der Waals surface area contributed by atoms with Crippen LogP contribution >= 0.6 is 0 Å². The molecule has 0 aliphatic carbocycles. The molecule has 2 amide bonds. The molecule has 5 nitrogen and oxygen atoms in total. The highest BCUT2D eigenvalue weighted by atomic mass is 19.1. The maximum atomic E-state index is 13.3. The summed E-state index contributed by atoms with van der Waals surface area (Å²) in [5.41, 5.74) is 6.14. The smallest absolute Gasteiger partial charge is 0.251 e. The molecule has 0 aliphatic heterocycles. The quantitative estimate of drug-likeness (QED) is 0.658. The van der Waals surface area contributed by atoms with E-state index >= 15 is 0 Å². The Morgan fingerprint density at radius 3 is 2.59 bits per heavy atom. The Kier molecular flexibility index (Phi) is 4.03. The van der Waals surface area contributed by atoms with Crippen molar-refractivity contribution in [2.24, 2.45) is 0 Å². The van der Waals surface area contributed by atoms with Crippen molar-refractivity contribution < 1.29 is 14.0 Å². The Labute approximate surface area is 98.2 Å². The molecule has 1 aromatic carbocycles. The first-order valence-corrected chi connectivity index (χ1v) is 5.00. The van der Waals surface area contributed by atoms with E-state index in [0.29, 0.717) is 5.56 Å². The second-order valence-corrected chi connectivity index (χ2v) is 3.53. The maximum Gasteiger partial charge on any atom is 0.251 e. The van der Waals surface area contributed by atoms with Gasteiger partial charge in [-0.2, -0.15) is 0 Å². The van der Waals surface area contributed by atoms with Gasteiger partial charge < -0.3 is 16.4 Å². The number of nitrogen functional groups attached to an aromatic ring is 1. The molecule has 92 valence electrons. The van der Waals surface area contributed by atoms with Crippen molar-refractivity contribution in [2.75, 3.05) is 19.3 Å². The molecule has 0 saturated carbocycles. The van der Waals surface area contributed by atoms with Crippen molar-refractivity contribution in [1.29, 1.82) is 0 Å². The van der Waals surface area contributed by atoms with E-state index in [-0.39, 0.29) is 23.7 Å². The van der Waals surface area contributed by atoms with Crippen LogP contribution in [0, 0.1) is 12.7 Å². The lowest BCUT2D eigenvalue weighted by atomic mass is 10.1. The Morgan fingerprint density at radius 1 is 1.41 bits per heavy atom. The number of amides is 2. The summed E-state index contributed by atoms with van der Waals surface area (Å²) in [5, 5.41) is 4.70. The van der Waals surface area contributed by atoms with Gasteiger partial charge >= 0.3 is 0 Å². The first kappa shape index (κ1) is 13.0. The van der Waals surface area contributed by atoms with Crippen LogP contribution < -0.4 is 16.4 Å². The second-order valence-electron chi connectivity index (χ2n) is 3.53. The Bertz CT molecular complexity index is 437. The molecule has 6 heteroatoms. The van der Waals surface area contributed by atoms with E-state index in [9.17, 15) is 14.0 Å². The molecule has 0 saturated heterocycles. The normalized spacial score (nSPS) is 9.82. The highest BCUT2D eigenvalue weighted by Crippen LogP contribution is 2.17. The average Bonchev–Trinajstić information content (AvgIpc) is 2.31. The summed E-state index contributed by atoms with van der Waals surface area (Å²) < 4.78 is 13.3. The fourth-order valence-corrected chi connectivity index (χ4v) is 1.18. The summed E-state index contributed by atoms with van der Waals surface area (Å²) >= 11 is 0. The predicted octanol–water partition coefficient (Wildman–Crippen LogP) is 0.192. The average molecular weight is 239 g/mol. The number of rotatable bonds is 3. The van der Waals surface area contributed by atoms with Crippen molar-refractivity contribution in [1.82, 2.24) is 10.6 Å². The van der Waals surface area contributed by atoms with Gasteiger partial charge in [-0.25, -0.2) is 4.39 Å². The molecule has 0 atom stereocenters. The summed E-state index contributed by atoms with van der Waals surface area (Å²) in [6.45, 7) is 1.36. The highest BCUT2D eigenvalue weighted by molar-refractivity contribution is 5.97. The third kappa shape index (κ3) is 3.17. The molecular formula is C11H14FN3O2. The molecule has 0 spiro atoms. The van der Waals surface area contributed by atoms with Crippen LogP contribution in [0.4, 0.5) is 10.1 Å². The van der Waals surface area contributed by atoms with Gasteiger partial charge in [0, 0.05) is 23.9 Å². The van der Waals surface area contributed by atoms with Crippen LogP contribution in [0.3, 0.4) is 0 Å². The van der Waals surface area contributed by atoms with Crippen molar-refractivity contribution in [3.63, 3.8) is 0 Å². The van der Waals surface area contributed by atoms with E-state index in [4.69, 9.17) is 5.73 Å². The number of anilines is 1. The van der Waals surface area contributed by atoms with Crippen molar-refractivity contribution in [3.05, 3.63) is 29.1 Å². The van der Waals surface area contributed by atoms with Crippen LogP contribution in [0.1, 0.15) is 15.9 Å². The Morgan fingerprint density at radius 2 is 2.06 bits per heavy atom. The zero-order chi connectivity index (χ0) is 13.0. The Hall–Kier alpha value is -2.11. The van der Waals surface area contributed by atoms with Crippen LogP contribution in [-0.4, -0.2) is 25.4 Å². The molecule has 17 heavy (non-hydrogen) atoms. The van der Waals surface area contributed by atoms with E-state index < -0.39 is 11.7 Å². The molecule has 0 heterocycles. The maximum absolute atomic E-state index is 13.3. The molecular weight excluding hydrogens is 225 g/mol. The monoisotopic (exact) mass is 239 g/mol. The number of carbonyl (C=O) groups is 2. The fourth-order valence-electron chi connectivity index (χ4n) is 1.18. The predicted molar refractivity (Wildman–Crippen MR) is 61.9 cm³/mol. The van der Waals surface area contributed by atoms with Gasteiger partial charge in [0.25, 0.3) is 5.91 Å². The largest absolute Gasteiger partial charge is 0.398 e. The van der Waals surface area contributed by atoms with E-state index in [2.05, 4.69) is 10.6 Å². The van der Waals surface area contributed by atoms with Gasteiger partial charge in [-0.3, -0.25) is 9.59 Å². The summed E-state index contributed by atoms with van der Waals surface area (Å²) in [6.07, 6.45) is 0. The standard InChI is InChI=1S/C11H14FN3O2/c1-6-8(12)3-7(4-9(6)13)11(17)15-5-10(16)14-2/h3-4H,5,13H2,1-2H3,(H,14,16)(H,15,17). The molecule has 4 N–H and O–H groups in total. The summed E-state index contributed by atoms with van der Waals surface area (Å²) in [5.74, 6) is -1.42. The van der Waals surface area contributed by atoms with Crippen LogP contribution in [-0.2, 0) is 4.79 Å².